The number of likely N-dealkylation sites (tertiary alicyclic amines) is 1. The van der Waals surface area contributed by atoms with E-state index in [2.05, 4.69) is 10.2 Å². The fraction of sp³-hybridized carbons (Fsp3) is 0.938. The Morgan fingerprint density at radius 1 is 1.24 bits per heavy atom. The van der Waals surface area contributed by atoms with Gasteiger partial charge in [0.15, 0.2) is 0 Å². The van der Waals surface area contributed by atoms with E-state index in [1.54, 1.807) is 0 Å². The van der Waals surface area contributed by atoms with E-state index >= 15 is 0 Å². The Kier molecular flexibility index (Phi) is 4.23. The molecule has 1 amide bonds. The van der Waals surface area contributed by atoms with Crippen molar-refractivity contribution in [3.8, 4) is 0 Å². The van der Waals surface area contributed by atoms with Crippen molar-refractivity contribution in [1.82, 2.24) is 10.2 Å². The molecule has 0 radical (unpaired) electrons. The molecule has 3 atom stereocenters. The first kappa shape index (κ1) is 15.6. The fourth-order valence-corrected chi connectivity index (χ4v) is 5.06. The predicted octanol–water partition coefficient (Wildman–Crippen LogP) is 1.83. The van der Waals surface area contributed by atoms with Gasteiger partial charge in [-0.1, -0.05) is 12.8 Å². The van der Waals surface area contributed by atoms with Crippen molar-refractivity contribution in [1.29, 1.82) is 0 Å². The highest BCUT2D eigenvalue weighted by Gasteiger charge is 2.53. The molecule has 0 aromatic rings. The number of halogens is 1. The van der Waals surface area contributed by atoms with Crippen molar-refractivity contribution in [2.75, 3.05) is 39.4 Å². The lowest BCUT2D eigenvalue weighted by atomic mass is 9.67. The van der Waals surface area contributed by atoms with Gasteiger partial charge < -0.3 is 15.0 Å². The molecule has 4 aliphatic rings. The molecule has 3 saturated heterocycles. The molecule has 21 heavy (non-hydrogen) atoms. The summed E-state index contributed by atoms with van der Waals surface area (Å²) in [5.74, 6) is 1.04. The molecule has 1 unspecified atom stereocenters. The number of amides is 1. The SMILES string of the molecule is Cl.O=C(N1CCC2(CCOC2)C1)[C@@]12CCCC[C@H]1CNC2. The van der Waals surface area contributed by atoms with Crippen molar-refractivity contribution >= 4 is 18.3 Å². The third-order valence-corrected chi connectivity index (χ3v) is 6.37. The van der Waals surface area contributed by atoms with Gasteiger partial charge >= 0.3 is 0 Å². The van der Waals surface area contributed by atoms with Gasteiger partial charge in [0.2, 0.25) is 5.91 Å². The van der Waals surface area contributed by atoms with E-state index in [4.69, 9.17) is 4.74 Å². The van der Waals surface area contributed by atoms with E-state index in [0.717, 1.165) is 58.7 Å². The predicted molar refractivity (Wildman–Crippen MR) is 83.6 cm³/mol. The number of rotatable bonds is 1. The molecule has 0 aromatic carbocycles. The van der Waals surface area contributed by atoms with Crippen LogP contribution in [0.5, 0.6) is 0 Å². The standard InChI is InChI=1S/C16H26N2O2.ClH/c19-14(16-4-2-1-3-13(16)9-17-10-16)18-7-5-15(11-18)6-8-20-12-15;/h13,17H,1-12H2;1H/t13-,15?,16+;/m0./s1. The fourth-order valence-electron chi connectivity index (χ4n) is 5.06. The molecule has 1 saturated carbocycles. The maximum atomic E-state index is 13.2. The van der Waals surface area contributed by atoms with E-state index in [0.29, 0.717) is 17.2 Å². The van der Waals surface area contributed by atoms with Gasteiger partial charge in [0.05, 0.1) is 12.0 Å². The van der Waals surface area contributed by atoms with E-state index in [1.165, 1.54) is 19.3 Å². The average molecular weight is 315 g/mol. The molecule has 3 aliphatic heterocycles. The van der Waals surface area contributed by atoms with Gasteiger partial charge in [0, 0.05) is 31.7 Å². The Morgan fingerprint density at radius 3 is 2.95 bits per heavy atom. The highest BCUT2D eigenvalue weighted by Crippen LogP contribution is 2.47. The molecular formula is C16H27ClN2O2. The number of carbonyl (C=O) groups excluding carboxylic acids is 1. The molecule has 4 nitrogen and oxygen atoms in total. The number of carbonyl (C=O) groups is 1. The van der Waals surface area contributed by atoms with Gasteiger partial charge in [-0.25, -0.2) is 0 Å². The van der Waals surface area contributed by atoms with Crippen molar-refractivity contribution in [2.24, 2.45) is 16.7 Å². The van der Waals surface area contributed by atoms with Crippen molar-refractivity contribution < 1.29 is 9.53 Å². The van der Waals surface area contributed by atoms with Crippen molar-refractivity contribution in [3.05, 3.63) is 0 Å². The molecule has 1 N–H and O–H groups in total. The Balaban J connectivity index is 0.00000132. The van der Waals surface area contributed by atoms with Crippen LogP contribution < -0.4 is 5.32 Å². The van der Waals surface area contributed by atoms with Crippen LogP contribution in [0, 0.1) is 16.7 Å². The van der Waals surface area contributed by atoms with E-state index in [1.807, 2.05) is 0 Å². The second-order valence-electron chi connectivity index (χ2n) is 7.51. The first-order chi connectivity index (χ1) is 9.74. The summed E-state index contributed by atoms with van der Waals surface area (Å²) >= 11 is 0. The molecule has 5 heteroatoms. The lowest BCUT2D eigenvalue weighted by molar-refractivity contribution is -0.144. The highest BCUT2D eigenvalue weighted by atomic mass is 35.5. The third kappa shape index (κ3) is 2.40. The molecule has 1 aliphatic carbocycles. The molecule has 120 valence electrons. The van der Waals surface area contributed by atoms with Gasteiger partial charge in [-0.05, 0) is 38.1 Å². The molecule has 4 rings (SSSR count). The number of fused-ring (bicyclic) bond motifs is 1. The van der Waals surface area contributed by atoms with Crippen LogP contribution in [0.2, 0.25) is 0 Å². The topological polar surface area (TPSA) is 41.6 Å². The normalized spacial score (nSPS) is 42.1. The second-order valence-corrected chi connectivity index (χ2v) is 7.51. The average Bonchev–Trinajstić information content (AvgIpc) is 3.19. The van der Waals surface area contributed by atoms with E-state index in [-0.39, 0.29) is 17.8 Å². The minimum Gasteiger partial charge on any atom is -0.381 e. The van der Waals surface area contributed by atoms with Crippen LogP contribution in [0.15, 0.2) is 0 Å². The minimum atomic E-state index is -0.0662. The lowest BCUT2D eigenvalue weighted by Crippen LogP contribution is -2.49. The molecular weight excluding hydrogens is 288 g/mol. The summed E-state index contributed by atoms with van der Waals surface area (Å²) in [6, 6.07) is 0. The third-order valence-electron chi connectivity index (χ3n) is 6.37. The zero-order valence-electron chi connectivity index (χ0n) is 12.7. The van der Waals surface area contributed by atoms with Crippen molar-refractivity contribution in [2.45, 2.75) is 38.5 Å². The summed E-state index contributed by atoms with van der Waals surface area (Å²) in [6.07, 6.45) is 7.16. The molecule has 3 heterocycles. The van der Waals surface area contributed by atoms with Crippen LogP contribution in [0.3, 0.4) is 0 Å². The maximum absolute atomic E-state index is 13.2. The summed E-state index contributed by atoms with van der Waals surface area (Å²) in [5, 5.41) is 3.50. The number of nitrogens with zero attached hydrogens (tertiary/aromatic N) is 1. The van der Waals surface area contributed by atoms with Crippen LogP contribution in [-0.4, -0.2) is 50.2 Å². The summed E-state index contributed by atoms with van der Waals surface area (Å²) in [7, 11) is 0. The van der Waals surface area contributed by atoms with Crippen LogP contribution in [0.25, 0.3) is 0 Å². The highest BCUT2D eigenvalue weighted by molar-refractivity contribution is 5.85. The Bertz CT molecular complexity index is 411. The first-order valence-electron chi connectivity index (χ1n) is 8.32. The Hall–Kier alpha value is -0.320. The number of hydrogen-bond donors (Lipinski definition) is 1. The number of nitrogens with one attached hydrogen (secondary N) is 1. The van der Waals surface area contributed by atoms with E-state index < -0.39 is 0 Å². The minimum absolute atomic E-state index is 0. The molecule has 4 fully saturated rings. The summed E-state index contributed by atoms with van der Waals surface area (Å²) in [4.78, 5) is 15.4. The maximum Gasteiger partial charge on any atom is 0.230 e. The number of ether oxygens (including phenoxy) is 1. The van der Waals surface area contributed by atoms with Crippen LogP contribution in [-0.2, 0) is 9.53 Å². The molecule has 0 bridgehead atoms. The Morgan fingerprint density at radius 2 is 2.14 bits per heavy atom. The van der Waals surface area contributed by atoms with E-state index in [9.17, 15) is 4.79 Å². The van der Waals surface area contributed by atoms with Gasteiger partial charge in [0.25, 0.3) is 0 Å². The van der Waals surface area contributed by atoms with Crippen LogP contribution in [0.1, 0.15) is 38.5 Å². The zero-order valence-corrected chi connectivity index (χ0v) is 13.6. The van der Waals surface area contributed by atoms with Crippen LogP contribution in [0.4, 0.5) is 0 Å². The second kappa shape index (κ2) is 5.71. The quantitative estimate of drug-likeness (QED) is 0.803. The van der Waals surface area contributed by atoms with Crippen LogP contribution >= 0.6 is 12.4 Å². The first-order valence-corrected chi connectivity index (χ1v) is 8.32. The summed E-state index contributed by atoms with van der Waals surface area (Å²) in [6.45, 7) is 5.62. The summed E-state index contributed by atoms with van der Waals surface area (Å²) in [5.41, 5.74) is 0.228. The van der Waals surface area contributed by atoms with Gasteiger partial charge in [-0.15, -0.1) is 12.4 Å². The molecule has 1 spiro atoms. The Labute approximate surface area is 133 Å². The zero-order chi connectivity index (χ0) is 13.6. The monoisotopic (exact) mass is 314 g/mol. The van der Waals surface area contributed by atoms with Gasteiger partial charge in [-0.2, -0.15) is 0 Å². The smallest absolute Gasteiger partial charge is 0.230 e. The largest absolute Gasteiger partial charge is 0.381 e. The molecule has 0 aromatic heterocycles. The summed E-state index contributed by atoms with van der Waals surface area (Å²) < 4.78 is 5.59. The van der Waals surface area contributed by atoms with Gasteiger partial charge in [-0.3, -0.25) is 4.79 Å². The van der Waals surface area contributed by atoms with Gasteiger partial charge in [0.1, 0.15) is 0 Å². The lowest BCUT2D eigenvalue weighted by Gasteiger charge is -2.40. The number of hydrogen-bond acceptors (Lipinski definition) is 3. The van der Waals surface area contributed by atoms with Crippen molar-refractivity contribution in [3.63, 3.8) is 0 Å².